The van der Waals surface area contributed by atoms with Gasteiger partial charge in [0.15, 0.2) is 0 Å². The molecule has 0 unspecified atom stereocenters. The minimum atomic E-state index is 0.0217. The van der Waals surface area contributed by atoms with Crippen LogP contribution in [-0.4, -0.2) is 59.5 Å². The topological polar surface area (TPSA) is 54.8 Å². The van der Waals surface area contributed by atoms with Crippen LogP contribution in [-0.2, 0) is 18.3 Å². The lowest BCUT2D eigenvalue weighted by Gasteiger charge is -2.35. The van der Waals surface area contributed by atoms with E-state index in [1.807, 2.05) is 65.9 Å². The molecule has 144 valence electrons. The highest BCUT2D eigenvalue weighted by atomic mass is 16.5. The van der Waals surface area contributed by atoms with Gasteiger partial charge < -0.3 is 19.1 Å². The predicted molar refractivity (Wildman–Crippen MR) is 104 cm³/mol. The fourth-order valence-electron chi connectivity index (χ4n) is 3.53. The van der Waals surface area contributed by atoms with Crippen LogP contribution in [0.15, 0.2) is 30.6 Å². The number of ether oxygens (including phenoxy) is 1. The van der Waals surface area contributed by atoms with Crippen LogP contribution in [0.25, 0.3) is 0 Å². The van der Waals surface area contributed by atoms with Gasteiger partial charge in [0.05, 0.1) is 13.5 Å². The van der Waals surface area contributed by atoms with Gasteiger partial charge in [-0.05, 0) is 48.7 Å². The normalized spacial score (nSPS) is 14.4. The number of aromatic nitrogens is 1. The lowest BCUT2D eigenvalue weighted by atomic mass is 10.0. The van der Waals surface area contributed by atoms with Crippen LogP contribution in [0, 0.1) is 13.8 Å². The molecule has 3 rings (SSSR count). The van der Waals surface area contributed by atoms with Crippen molar-refractivity contribution < 1.29 is 14.3 Å². The smallest absolute Gasteiger partial charge is 0.254 e. The third kappa shape index (κ3) is 3.99. The lowest BCUT2D eigenvalue weighted by molar-refractivity contribution is -0.131. The van der Waals surface area contributed by atoms with Gasteiger partial charge in [-0.1, -0.05) is 0 Å². The van der Waals surface area contributed by atoms with Crippen molar-refractivity contribution in [3.8, 4) is 5.75 Å². The Morgan fingerprint density at radius 3 is 2.26 bits per heavy atom. The van der Waals surface area contributed by atoms with Crippen molar-refractivity contribution in [2.24, 2.45) is 7.05 Å². The molecule has 0 saturated carbocycles. The van der Waals surface area contributed by atoms with E-state index in [9.17, 15) is 9.59 Å². The van der Waals surface area contributed by atoms with Crippen molar-refractivity contribution in [2.75, 3.05) is 33.3 Å². The number of nitrogens with zero attached hydrogens (tertiary/aromatic N) is 3. The zero-order chi connectivity index (χ0) is 19.6. The van der Waals surface area contributed by atoms with Crippen LogP contribution >= 0.6 is 0 Å². The number of aryl methyl sites for hydroxylation is 1. The van der Waals surface area contributed by atoms with Crippen LogP contribution in [0.3, 0.4) is 0 Å². The fourth-order valence-corrected chi connectivity index (χ4v) is 3.53. The molecule has 0 N–H and O–H groups in total. The Kier molecular flexibility index (Phi) is 5.54. The molecule has 1 aromatic heterocycles. The number of rotatable bonds is 4. The van der Waals surface area contributed by atoms with E-state index in [-0.39, 0.29) is 11.8 Å². The molecule has 1 saturated heterocycles. The van der Waals surface area contributed by atoms with Crippen molar-refractivity contribution in [3.05, 3.63) is 52.8 Å². The number of amides is 2. The van der Waals surface area contributed by atoms with Gasteiger partial charge in [-0.3, -0.25) is 9.59 Å². The van der Waals surface area contributed by atoms with Crippen LogP contribution in [0.2, 0.25) is 0 Å². The lowest BCUT2D eigenvalue weighted by Crippen LogP contribution is -2.51. The van der Waals surface area contributed by atoms with Crippen LogP contribution in [0.4, 0.5) is 0 Å². The number of benzene rings is 1. The number of carbonyl (C=O) groups excluding carboxylic acids is 2. The summed E-state index contributed by atoms with van der Waals surface area (Å²) in [5.41, 5.74) is 3.66. The molecule has 1 aliphatic heterocycles. The Morgan fingerprint density at radius 2 is 1.67 bits per heavy atom. The van der Waals surface area contributed by atoms with Gasteiger partial charge >= 0.3 is 0 Å². The maximum atomic E-state index is 12.9. The molecule has 1 fully saturated rings. The zero-order valence-electron chi connectivity index (χ0n) is 16.5. The van der Waals surface area contributed by atoms with Gasteiger partial charge in [0.25, 0.3) is 5.91 Å². The van der Waals surface area contributed by atoms with E-state index in [0.717, 1.165) is 22.4 Å². The monoisotopic (exact) mass is 369 g/mol. The van der Waals surface area contributed by atoms with Crippen molar-refractivity contribution >= 4 is 11.8 Å². The van der Waals surface area contributed by atoms with Gasteiger partial charge in [-0.2, -0.15) is 0 Å². The highest BCUT2D eigenvalue weighted by molar-refractivity contribution is 5.96. The summed E-state index contributed by atoms with van der Waals surface area (Å²) >= 11 is 0. The Labute approximate surface area is 160 Å². The first-order chi connectivity index (χ1) is 12.9. The number of carbonyl (C=O) groups is 2. The first-order valence-corrected chi connectivity index (χ1v) is 9.22. The number of hydrogen-bond donors (Lipinski definition) is 0. The molecule has 6 heteroatoms. The van der Waals surface area contributed by atoms with Gasteiger partial charge in [-0.15, -0.1) is 0 Å². The second-order valence-corrected chi connectivity index (χ2v) is 7.10. The second kappa shape index (κ2) is 7.86. The summed E-state index contributed by atoms with van der Waals surface area (Å²) in [4.78, 5) is 29.1. The summed E-state index contributed by atoms with van der Waals surface area (Å²) in [7, 11) is 3.58. The Morgan fingerprint density at radius 1 is 1.00 bits per heavy atom. The molecule has 0 aliphatic carbocycles. The highest BCUT2D eigenvalue weighted by Crippen LogP contribution is 2.25. The van der Waals surface area contributed by atoms with E-state index < -0.39 is 0 Å². The summed E-state index contributed by atoms with van der Waals surface area (Å²) < 4.78 is 7.27. The van der Waals surface area contributed by atoms with Crippen LogP contribution < -0.4 is 4.74 Å². The maximum Gasteiger partial charge on any atom is 0.254 e. The predicted octanol–water partition coefficient (Wildman–Crippen LogP) is 2.18. The molecule has 1 aromatic carbocycles. The SMILES string of the molecule is COc1ccc(C(=O)N2CCN(C(=O)Cc3ccn(C)c3)CC2)c(C)c1C. The van der Waals surface area contributed by atoms with E-state index in [1.54, 1.807) is 7.11 Å². The van der Waals surface area contributed by atoms with E-state index in [1.165, 1.54) is 0 Å². The first-order valence-electron chi connectivity index (χ1n) is 9.22. The molecule has 0 atom stereocenters. The van der Waals surface area contributed by atoms with Crippen molar-refractivity contribution in [1.82, 2.24) is 14.4 Å². The van der Waals surface area contributed by atoms with Crippen LogP contribution in [0.1, 0.15) is 27.0 Å². The highest BCUT2D eigenvalue weighted by Gasteiger charge is 2.26. The molecular weight excluding hydrogens is 342 g/mol. The summed E-state index contributed by atoms with van der Waals surface area (Å²) in [6, 6.07) is 5.64. The van der Waals surface area contributed by atoms with E-state index >= 15 is 0 Å². The van der Waals surface area contributed by atoms with Gasteiger partial charge in [0.2, 0.25) is 5.91 Å². The van der Waals surface area contributed by atoms with Crippen molar-refractivity contribution in [1.29, 1.82) is 0 Å². The molecule has 2 heterocycles. The first kappa shape index (κ1) is 19.0. The van der Waals surface area contributed by atoms with Crippen LogP contribution in [0.5, 0.6) is 5.75 Å². The number of methoxy groups -OCH3 is 1. The quantitative estimate of drug-likeness (QED) is 0.830. The molecule has 6 nitrogen and oxygen atoms in total. The molecule has 0 spiro atoms. The summed E-state index contributed by atoms with van der Waals surface area (Å²) in [6.45, 7) is 6.18. The molecule has 0 radical (unpaired) electrons. The molecule has 2 aromatic rings. The third-order valence-electron chi connectivity index (χ3n) is 5.36. The van der Waals surface area contributed by atoms with Crippen molar-refractivity contribution in [2.45, 2.75) is 20.3 Å². The fraction of sp³-hybridized carbons (Fsp3) is 0.429. The minimum Gasteiger partial charge on any atom is -0.496 e. The third-order valence-corrected chi connectivity index (χ3v) is 5.36. The van der Waals surface area contributed by atoms with E-state index in [4.69, 9.17) is 4.74 Å². The minimum absolute atomic E-state index is 0.0217. The average molecular weight is 369 g/mol. The number of hydrogen-bond acceptors (Lipinski definition) is 3. The molecule has 1 aliphatic rings. The van der Waals surface area contributed by atoms with Gasteiger partial charge in [0, 0.05) is 51.2 Å². The molecule has 0 bridgehead atoms. The Balaban J connectivity index is 1.61. The van der Waals surface area contributed by atoms with Gasteiger partial charge in [0.1, 0.15) is 5.75 Å². The number of piperazine rings is 1. The summed E-state index contributed by atoms with van der Waals surface area (Å²) in [5, 5.41) is 0. The molecule has 27 heavy (non-hydrogen) atoms. The maximum absolute atomic E-state index is 12.9. The van der Waals surface area contributed by atoms with Crippen molar-refractivity contribution in [3.63, 3.8) is 0 Å². The average Bonchev–Trinajstić information content (AvgIpc) is 3.08. The van der Waals surface area contributed by atoms with E-state index in [0.29, 0.717) is 38.2 Å². The van der Waals surface area contributed by atoms with Gasteiger partial charge in [-0.25, -0.2) is 0 Å². The molecular formula is C21H27N3O3. The zero-order valence-corrected chi connectivity index (χ0v) is 16.5. The van der Waals surface area contributed by atoms with E-state index in [2.05, 4.69) is 0 Å². The summed E-state index contributed by atoms with van der Waals surface area (Å²) in [6.07, 6.45) is 4.32. The summed E-state index contributed by atoms with van der Waals surface area (Å²) in [5.74, 6) is 0.929. The Hall–Kier alpha value is -2.76. The second-order valence-electron chi connectivity index (χ2n) is 7.10. The Bertz CT molecular complexity index is 848. The largest absolute Gasteiger partial charge is 0.496 e. The molecule has 2 amide bonds. The standard InChI is InChI=1S/C21H27N3O3/c1-15-16(2)19(27-4)6-5-18(15)21(26)24-11-9-23(10-12-24)20(25)13-17-7-8-22(3)14-17/h5-8,14H,9-13H2,1-4H3.